The van der Waals surface area contributed by atoms with E-state index in [1.165, 1.54) is 24.3 Å². The highest BCUT2D eigenvalue weighted by Crippen LogP contribution is 2.23. The zero-order chi connectivity index (χ0) is 18.8. The number of H-pyrrole nitrogens is 1. The number of nitrogens with zero attached hydrogens (tertiary/aromatic N) is 2. The molecule has 2 aromatic rings. The molecule has 1 aliphatic rings. The van der Waals surface area contributed by atoms with Gasteiger partial charge in [-0.3, -0.25) is 28.8 Å². The number of benzene rings is 1. The first-order chi connectivity index (χ1) is 12.4. The van der Waals surface area contributed by atoms with Gasteiger partial charge in [0, 0.05) is 12.8 Å². The van der Waals surface area contributed by atoms with E-state index in [9.17, 15) is 28.4 Å². The van der Waals surface area contributed by atoms with Gasteiger partial charge in [-0.15, -0.1) is 0 Å². The Morgan fingerprint density at radius 1 is 1.15 bits per heavy atom. The zero-order valence-corrected chi connectivity index (χ0v) is 13.2. The Balaban J connectivity index is 1.77. The van der Waals surface area contributed by atoms with Gasteiger partial charge in [0.2, 0.25) is 17.6 Å². The number of nitrogens with one attached hydrogen (secondary N) is 1. The molecule has 26 heavy (non-hydrogen) atoms. The first kappa shape index (κ1) is 17.3. The molecule has 0 bridgehead atoms. The number of imide groups is 1. The van der Waals surface area contributed by atoms with E-state index in [2.05, 4.69) is 0 Å². The number of hydrogen-bond acceptors (Lipinski definition) is 6. The maximum atomic E-state index is 13.2. The number of aromatic nitrogens is 2. The Kier molecular flexibility index (Phi) is 4.48. The van der Waals surface area contributed by atoms with Crippen molar-refractivity contribution in [2.24, 2.45) is 0 Å². The Labute approximate surface area is 144 Å². The summed E-state index contributed by atoms with van der Waals surface area (Å²) in [6.07, 6.45) is 0.828. The van der Waals surface area contributed by atoms with Crippen LogP contribution in [0.25, 0.3) is 0 Å². The largest absolute Gasteiger partial charge is 0.440 e. The van der Waals surface area contributed by atoms with Crippen LogP contribution in [0.3, 0.4) is 0 Å². The Morgan fingerprint density at radius 2 is 1.85 bits per heavy atom. The molecule has 9 nitrogen and oxygen atoms in total. The minimum Gasteiger partial charge on any atom is -0.440 e. The lowest BCUT2D eigenvalue weighted by atomic mass is 10.2. The predicted molar refractivity (Wildman–Crippen MR) is 84.9 cm³/mol. The minimum atomic E-state index is -1.20. The summed E-state index contributed by atoms with van der Waals surface area (Å²) >= 11 is 0. The predicted octanol–water partition coefficient (Wildman–Crippen LogP) is 0.144. The van der Waals surface area contributed by atoms with Crippen LogP contribution in [-0.2, 0) is 21.1 Å². The lowest BCUT2D eigenvalue weighted by Gasteiger charge is -2.14. The van der Waals surface area contributed by atoms with Crippen molar-refractivity contribution >= 4 is 23.5 Å². The van der Waals surface area contributed by atoms with Crippen molar-refractivity contribution in [2.45, 2.75) is 19.6 Å². The number of ether oxygens (including phenoxy) is 1. The molecule has 0 aliphatic carbocycles. The summed E-state index contributed by atoms with van der Waals surface area (Å²) in [6.45, 7) is -0.628. The van der Waals surface area contributed by atoms with Gasteiger partial charge in [-0.05, 0) is 18.2 Å². The fourth-order valence-corrected chi connectivity index (χ4v) is 2.43. The SMILES string of the molecule is O=C(OCn1cc(F)c(=O)[nH]c1=O)c1cccc(N2C(=O)CCC2=O)c1. The number of aromatic amines is 1. The third-order valence-electron chi connectivity index (χ3n) is 3.69. The molecule has 1 aliphatic heterocycles. The molecule has 0 radical (unpaired) electrons. The molecular weight excluding hydrogens is 349 g/mol. The van der Waals surface area contributed by atoms with Crippen LogP contribution in [0, 0.1) is 5.82 Å². The Morgan fingerprint density at radius 3 is 2.54 bits per heavy atom. The zero-order valence-electron chi connectivity index (χ0n) is 13.2. The van der Waals surface area contributed by atoms with Gasteiger partial charge in [-0.1, -0.05) is 6.07 Å². The number of amides is 2. The molecule has 0 spiro atoms. The van der Waals surface area contributed by atoms with Crippen LogP contribution in [0.2, 0.25) is 0 Å². The number of carbonyl (C=O) groups excluding carboxylic acids is 3. The van der Waals surface area contributed by atoms with Gasteiger partial charge in [0.05, 0.1) is 17.4 Å². The maximum absolute atomic E-state index is 13.2. The first-order valence-corrected chi connectivity index (χ1v) is 7.49. The Hall–Kier alpha value is -3.56. The van der Waals surface area contributed by atoms with Crippen LogP contribution in [0.5, 0.6) is 0 Å². The molecule has 1 aromatic carbocycles. The summed E-state index contributed by atoms with van der Waals surface area (Å²) < 4.78 is 18.8. The standard InChI is InChI=1S/C16H12FN3O6/c17-11-7-19(16(25)18-14(11)23)8-26-15(24)9-2-1-3-10(6-9)20-12(21)4-5-13(20)22/h1-3,6-7H,4-5,8H2,(H,18,23,25). The summed E-state index contributed by atoms with van der Waals surface area (Å²) in [5.74, 6) is -2.79. The van der Waals surface area contributed by atoms with Gasteiger partial charge in [0.15, 0.2) is 6.73 Å². The lowest BCUT2D eigenvalue weighted by Crippen LogP contribution is -2.32. The highest BCUT2D eigenvalue weighted by molar-refractivity contribution is 6.20. The molecule has 1 N–H and O–H groups in total. The van der Waals surface area contributed by atoms with Gasteiger partial charge >= 0.3 is 11.7 Å². The third-order valence-corrected chi connectivity index (χ3v) is 3.69. The second-order valence-corrected chi connectivity index (χ2v) is 5.44. The van der Waals surface area contributed by atoms with Gasteiger partial charge in [-0.25, -0.2) is 9.59 Å². The van der Waals surface area contributed by atoms with Crippen molar-refractivity contribution in [3.05, 3.63) is 62.7 Å². The van der Waals surface area contributed by atoms with E-state index in [1.54, 1.807) is 4.98 Å². The van der Waals surface area contributed by atoms with Crippen LogP contribution in [-0.4, -0.2) is 27.3 Å². The number of rotatable bonds is 4. The van der Waals surface area contributed by atoms with E-state index in [0.29, 0.717) is 10.8 Å². The highest BCUT2D eigenvalue weighted by atomic mass is 19.1. The van der Waals surface area contributed by atoms with Crippen molar-refractivity contribution in [3.8, 4) is 0 Å². The number of esters is 1. The second kappa shape index (κ2) is 6.75. The van der Waals surface area contributed by atoms with Gasteiger partial charge in [0.25, 0.3) is 5.56 Å². The lowest BCUT2D eigenvalue weighted by molar-refractivity contribution is -0.121. The van der Waals surface area contributed by atoms with Crippen LogP contribution in [0.4, 0.5) is 10.1 Å². The van der Waals surface area contributed by atoms with Gasteiger partial charge < -0.3 is 4.74 Å². The second-order valence-electron chi connectivity index (χ2n) is 5.44. The summed E-state index contributed by atoms with van der Waals surface area (Å²) in [4.78, 5) is 60.8. The molecule has 1 saturated heterocycles. The molecule has 10 heteroatoms. The number of carbonyl (C=O) groups is 3. The average molecular weight is 361 g/mol. The molecule has 3 rings (SSSR count). The summed E-state index contributed by atoms with van der Waals surface area (Å²) in [5.41, 5.74) is -1.84. The molecule has 1 aromatic heterocycles. The Bertz CT molecular complexity index is 1010. The van der Waals surface area contributed by atoms with E-state index in [4.69, 9.17) is 4.74 Å². The van der Waals surface area contributed by atoms with Crippen LogP contribution >= 0.6 is 0 Å². The fourth-order valence-electron chi connectivity index (χ4n) is 2.43. The summed E-state index contributed by atoms with van der Waals surface area (Å²) in [5, 5.41) is 0. The van der Waals surface area contributed by atoms with E-state index in [-0.39, 0.29) is 35.9 Å². The van der Waals surface area contributed by atoms with Crippen molar-refractivity contribution in [1.82, 2.24) is 9.55 Å². The third kappa shape index (κ3) is 3.29. The first-order valence-electron chi connectivity index (χ1n) is 7.49. The molecule has 2 heterocycles. The normalized spacial score (nSPS) is 14.0. The summed E-state index contributed by atoms with van der Waals surface area (Å²) in [6, 6.07) is 5.67. The molecule has 0 atom stereocenters. The molecule has 0 unspecified atom stereocenters. The number of halogens is 1. The monoisotopic (exact) mass is 361 g/mol. The van der Waals surface area contributed by atoms with Crippen LogP contribution in [0.15, 0.2) is 40.1 Å². The molecule has 1 fully saturated rings. The quantitative estimate of drug-likeness (QED) is 0.611. The van der Waals surface area contributed by atoms with Crippen molar-refractivity contribution in [3.63, 3.8) is 0 Å². The number of anilines is 1. The molecule has 0 saturated carbocycles. The van der Waals surface area contributed by atoms with Crippen LogP contribution in [0.1, 0.15) is 23.2 Å². The van der Waals surface area contributed by atoms with E-state index in [0.717, 1.165) is 4.90 Å². The van der Waals surface area contributed by atoms with E-state index in [1.807, 2.05) is 0 Å². The summed E-state index contributed by atoms with van der Waals surface area (Å²) in [7, 11) is 0. The van der Waals surface area contributed by atoms with Crippen molar-refractivity contribution in [2.75, 3.05) is 4.90 Å². The van der Waals surface area contributed by atoms with Gasteiger partial charge in [0.1, 0.15) is 0 Å². The van der Waals surface area contributed by atoms with Crippen molar-refractivity contribution in [1.29, 1.82) is 0 Å². The fraction of sp³-hybridized carbons (Fsp3) is 0.188. The smallest absolute Gasteiger partial charge is 0.339 e. The molecule has 134 valence electrons. The molecular formula is C16H12FN3O6. The highest BCUT2D eigenvalue weighted by Gasteiger charge is 2.30. The van der Waals surface area contributed by atoms with Crippen LogP contribution < -0.4 is 16.1 Å². The average Bonchev–Trinajstić information content (AvgIpc) is 2.95. The maximum Gasteiger partial charge on any atom is 0.339 e. The minimum absolute atomic E-state index is 0.0351. The van der Waals surface area contributed by atoms with Gasteiger partial charge in [-0.2, -0.15) is 4.39 Å². The van der Waals surface area contributed by atoms with E-state index >= 15 is 0 Å². The number of hydrogen-bond donors (Lipinski definition) is 1. The van der Waals surface area contributed by atoms with Crippen molar-refractivity contribution < 1.29 is 23.5 Å². The van der Waals surface area contributed by atoms with E-state index < -0.39 is 29.8 Å². The molecule has 2 amide bonds. The topological polar surface area (TPSA) is 119 Å².